The Bertz CT molecular complexity index is 444. The zero-order chi connectivity index (χ0) is 13.7. The highest BCUT2D eigenvalue weighted by Crippen LogP contribution is 2.17. The molecule has 1 rings (SSSR count). The summed E-state index contributed by atoms with van der Waals surface area (Å²) >= 11 is 3.28. The van der Waals surface area contributed by atoms with E-state index < -0.39 is 0 Å². The fraction of sp³-hybridized carbons (Fsp3) is 0.636. The van der Waals surface area contributed by atoms with E-state index in [-0.39, 0.29) is 17.9 Å². The van der Waals surface area contributed by atoms with Crippen LogP contribution in [0.1, 0.15) is 19.9 Å². The summed E-state index contributed by atoms with van der Waals surface area (Å²) in [6, 6.07) is 0.0218. The highest BCUT2D eigenvalue weighted by Gasteiger charge is 2.12. The van der Waals surface area contributed by atoms with Gasteiger partial charge in [0.2, 0.25) is 0 Å². The van der Waals surface area contributed by atoms with Crippen LogP contribution in [0.3, 0.4) is 0 Å². The van der Waals surface area contributed by atoms with Crippen molar-refractivity contribution in [2.75, 3.05) is 26.1 Å². The first-order valence-corrected chi connectivity index (χ1v) is 6.37. The average molecular weight is 320 g/mol. The summed E-state index contributed by atoms with van der Waals surface area (Å²) in [6.07, 6.45) is 1.23. The molecule has 1 heterocycles. The van der Waals surface area contributed by atoms with E-state index in [1.165, 1.54) is 4.68 Å². The second-order valence-electron chi connectivity index (χ2n) is 4.00. The summed E-state index contributed by atoms with van der Waals surface area (Å²) in [6.45, 7) is 4.23. The van der Waals surface area contributed by atoms with Crippen molar-refractivity contribution in [3.8, 4) is 0 Å². The van der Waals surface area contributed by atoms with Crippen molar-refractivity contribution in [3.63, 3.8) is 0 Å². The summed E-state index contributed by atoms with van der Waals surface area (Å²) in [4.78, 5) is 12.0. The van der Waals surface area contributed by atoms with E-state index in [1.807, 2.05) is 13.8 Å². The van der Waals surface area contributed by atoms with E-state index in [9.17, 15) is 4.79 Å². The van der Waals surface area contributed by atoms with Crippen LogP contribution in [0.5, 0.6) is 0 Å². The second kappa shape index (κ2) is 6.86. The summed E-state index contributed by atoms with van der Waals surface area (Å²) in [7, 11) is 3.11. The molecule has 18 heavy (non-hydrogen) atoms. The van der Waals surface area contributed by atoms with Crippen molar-refractivity contribution < 1.29 is 9.47 Å². The van der Waals surface area contributed by atoms with Gasteiger partial charge in [0.05, 0.1) is 24.5 Å². The molecule has 0 atom stereocenters. The number of hydrogen-bond acceptors (Lipinski definition) is 5. The zero-order valence-electron chi connectivity index (χ0n) is 10.9. The maximum absolute atomic E-state index is 12.0. The van der Waals surface area contributed by atoms with Gasteiger partial charge >= 0.3 is 0 Å². The van der Waals surface area contributed by atoms with Gasteiger partial charge < -0.3 is 14.8 Å². The lowest BCUT2D eigenvalue weighted by atomic mass is 10.4. The van der Waals surface area contributed by atoms with Crippen LogP contribution >= 0.6 is 15.9 Å². The van der Waals surface area contributed by atoms with Crippen LogP contribution in [0.2, 0.25) is 0 Å². The minimum atomic E-state index is -0.371. The van der Waals surface area contributed by atoms with Gasteiger partial charge in [-0.25, -0.2) is 4.68 Å². The molecule has 0 amide bonds. The van der Waals surface area contributed by atoms with Crippen molar-refractivity contribution in [2.45, 2.75) is 26.2 Å². The number of rotatable bonds is 6. The predicted octanol–water partition coefficient (Wildman–Crippen LogP) is 1.62. The molecular formula is C11H18BrN3O3. The molecule has 0 spiro atoms. The summed E-state index contributed by atoms with van der Waals surface area (Å²) in [5, 5.41) is 7.15. The number of halogens is 1. The molecule has 0 saturated carbocycles. The Morgan fingerprint density at radius 3 is 2.56 bits per heavy atom. The minimum absolute atomic E-state index is 0.0218. The van der Waals surface area contributed by atoms with E-state index >= 15 is 0 Å². The largest absolute Gasteiger partial charge is 0.378 e. The van der Waals surface area contributed by atoms with Crippen molar-refractivity contribution >= 4 is 21.6 Å². The molecule has 0 fully saturated rings. The van der Waals surface area contributed by atoms with Gasteiger partial charge in [-0.1, -0.05) is 0 Å². The van der Waals surface area contributed by atoms with Gasteiger partial charge in [0.15, 0.2) is 6.29 Å². The normalized spacial score (nSPS) is 11.3. The van der Waals surface area contributed by atoms with Gasteiger partial charge in [-0.15, -0.1) is 0 Å². The Hall–Kier alpha value is -0.920. The second-order valence-corrected chi connectivity index (χ2v) is 4.79. The van der Waals surface area contributed by atoms with Crippen molar-refractivity contribution in [2.24, 2.45) is 0 Å². The molecule has 0 unspecified atom stereocenters. The maximum atomic E-state index is 12.0. The Labute approximate surface area is 114 Å². The first-order chi connectivity index (χ1) is 8.51. The first-order valence-electron chi connectivity index (χ1n) is 5.58. The third-order valence-electron chi connectivity index (χ3n) is 2.42. The lowest BCUT2D eigenvalue weighted by Gasteiger charge is -2.16. The molecule has 102 valence electrons. The summed E-state index contributed by atoms with van der Waals surface area (Å²) in [5.41, 5.74) is 0.456. The third kappa shape index (κ3) is 3.54. The minimum Gasteiger partial charge on any atom is -0.378 e. The smallest absolute Gasteiger partial charge is 0.283 e. The van der Waals surface area contributed by atoms with Gasteiger partial charge in [-0.05, 0) is 29.8 Å². The molecule has 0 aliphatic heterocycles. The van der Waals surface area contributed by atoms with Gasteiger partial charge in [-0.3, -0.25) is 4.79 Å². The average Bonchev–Trinajstić information content (AvgIpc) is 2.35. The van der Waals surface area contributed by atoms with Crippen LogP contribution < -0.4 is 10.9 Å². The van der Waals surface area contributed by atoms with Crippen LogP contribution in [0, 0.1) is 0 Å². The highest BCUT2D eigenvalue weighted by atomic mass is 79.9. The van der Waals surface area contributed by atoms with Crippen molar-refractivity contribution in [1.29, 1.82) is 0 Å². The number of aromatic nitrogens is 2. The molecule has 0 aliphatic rings. The Morgan fingerprint density at radius 2 is 2.06 bits per heavy atom. The van der Waals surface area contributed by atoms with Crippen molar-refractivity contribution in [3.05, 3.63) is 21.0 Å². The van der Waals surface area contributed by atoms with Crippen LogP contribution in [0.25, 0.3) is 0 Å². The van der Waals surface area contributed by atoms with Crippen LogP contribution in [-0.4, -0.2) is 36.8 Å². The fourth-order valence-electron chi connectivity index (χ4n) is 1.39. The van der Waals surface area contributed by atoms with Gasteiger partial charge in [-0.2, -0.15) is 5.10 Å². The summed E-state index contributed by atoms with van der Waals surface area (Å²) < 4.78 is 12.0. The number of nitrogens with zero attached hydrogens (tertiary/aromatic N) is 2. The van der Waals surface area contributed by atoms with E-state index in [4.69, 9.17) is 9.47 Å². The molecule has 0 bridgehead atoms. The predicted molar refractivity (Wildman–Crippen MR) is 72.9 cm³/mol. The topological polar surface area (TPSA) is 65.4 Å². The molecule has 0 radical (unpaired) electrons. The van der Waals surface area contributed by atoms with E-state index in [1.54, 1.807) is 20.4 Å². The van der Waals surface area contributed by atoms with Crippen molar-refractivity contribution in [1.82, 2.24) is 9.78 Å². The lowest BCUT2D eigenvalue weighted by Crippen LogP contribution is -2.28. The van der Waals surface area contributed by atoms with Crippen LogP contribution in [0.4, 0.5) is 5.69 Å². The number of ether oxygens (including phenoxy) is 2. The summed E-state index contributed by atoms with van der Waals surface area (Å²) in [5.74, 6) is 0. The lowest BCUT2D eigenvalue weighted by molar-refractivity contribution is -0.0914. The molecule has 0 aromatic carbocycles. The zero-order valence-corrected chi connectivity index (χ0v) is 12.5. The molecule has 0 saturated heterocycles. The van der Waals surface area contributed by atoms with Gasteiger partial charge in [0.25, 0.3) is 5.56 Å². The number of hydrogen-bond donors (Lipinski definition) is 1. The molecule has 1 aromatic rings. The maximum Gasteiger partial charge on any atom is 0.283 e. The Balaban J connectivity index is 2.86. The quantitative estimate of drug-likeness (QED) is 0.807. The van der Waals surface area contributed by atoms with E-state index in [2.05, 4.69) is 26.3 Å². The fourth-order valence-corrected chi connectivity index (χ4v) is 1.82. The van der Waals surface area contributed by atoms with Gasteiger partial charge in [0.1, 0.15) is 4.47 Å². The number of nitrogens with one attached hydrogen (secondary N) is 1. The SMILES string of the molecule is COC(CNc1cnn(C(C)C)c(=O)c1Br)OC. The Kier molecular flexibility index (Phi) is 5.77. The third-order valence-corrected chi connectivity index (χ3v) is 3.18. The number of anilines is 1. The molecular weight excluding hydrogens is 302 g/mol. The van der Waals surface area contributed by atoms with E-state index in [0.717, 1.165) is 0 Å². The Morgan fingerprint density at radius 1 is 1.44 bits per heavy atom. The van der Waals surface area contributed by atoms with E-state index in [0.29, 0.717) is 16.7 Å². The highest BCUT2D eigenvalue weighted by molar-refractivity contribution is 9.10. The molecule has 1 aromatic heterocycles. The monoisotopic (exact) mass is 319 g/mol. The molecule has 1 N–H and O–H groups in total. The number of methoxy groups -OCH3 is 2. The molecule has 6 nitrogen and oxygen atoms in total. The standard InChI is InChI=1S/C11H18BrN3O3/c1-7(2)15-11(16)10(12)8(5-14-15)13-6-9(17-3)18-4/h5,7,9,13H,6H2,1-4H3. The first kappa shape index (κ1) is 15.1. The molecule has 0 aliphatic carbocycles. The molecule has 7 heteroatoms. The van der Waals surface area contributed by atoms with Crippen LogP contribution in [-0.2, 0) is 9.47 Å². The van der Waals surface area contributed by atoms with Crippen LogP contribution in [0.15, 0.2) is 15.5 Å². The van der Waals surface area contributed by atoms with Gasteiger partial charge in [0, 0.05) is 14.2 Å².